The van der Waals surface area contributed by atoms with Crippen LogP contribution in [0.3, 0.4) is 0 Å². The number of aromatic nitrogens is 5. The van der Waals surface area contributed by atoms with Crippen molar-refractivity contribution in [3.05, 3.63) is 63.3 Å². The molecule has 3 aromatic heterocycles. The Balaban J connectivity index is 1.43. The van der Waals surface area contributed by atoms with Crippen molar-refractivity contribution in [1.82, 2.24) is 30.8 Å². The minimum Gasteiger partial charge on any atom is -0.361 e. The van der Waals surface area contributed by atoms with Crippen molar-refractivity contribution in [3.63, 3.8) is 0 Å². The van der Waals surface area contributed by atoms with Gasteiger partial charge in [0.1, 0.15) is 11.5 Å². The van der Waals surface area contributed by atoms with Crippen LogP contribution in [0.4, 0.5) is 14.6 Å². The highest BCUT2D eigenvalue weighted by atomic mass is 35.5. The minimum absolute atomic E-state index is 0.0194. The van der Waals surface area contributed by atoms with E-state index in [-0.39, 0.29) is 34.5 Å². The molecular formula is C19H14ClF2N7O4. The van der Waals surface area contributed by atoms with Crippen molar-refractivity contribution in [2.45, 2.75) is 20.4 Å². The molecule has 0 saturated carbocycles. The molecule has 0 saturated heterocycles. The first-order valence-electron chi connectivity index (χ1n) is 9.28. The summed E-state index contributed by atoms with van der Waals surface area (Å²) in [5, 5.41) is 18.6. The molecule has 33 heavy (non-hydrogen) atoms. The fourth-order valence-electron chi connectivity index (χ4n) is 2.81. The third-order valence-corrected chi connectivity index (χ3v) is 4.77. The molecule has 0 unspecified atom stereocenters. The molecule has 0 aliphatic rings. The summed E-state index contributed by atoms with van der Waals surface area (Å²) in [6.45, 7) is 3.33. The number of aryl methyl sites for hydroxylation is 2. The van der Waals surface area contributed by atoms with Gasteiger partial charge in [-0.3, -0.25) is 14.7 Å². The third-order valence-electron chi connectivity index (χ3n) is 4.46. The van der Waals surface area contributed by atoms with E-state index in [1.54, 1.807) is 13.8 Å². The first-order chi connectivity index (χ1) is 15.7. The molecule has 11 nitrogen and oxygen atoms in total. The van der Waals surface area contributed by atoms with Crippen molar-refractivity contribution in [1.29, 1.82) is 0 Å². The van der Waals surface area contributed by atoms with Gasteiger partial charge in [0, 0.05) is 18.2 Å². The van der Waals surface area contributed by atoms with Gasteiger partial charge in [0.15, 0.2) is 29.0 Å². The second-order valence-corrected chi connectivity index (χ2v) is 7.17. The Hall–Kier alpha value is -4.13. The molecule has 0 radical (unpaired) electrons. The molecule has 0 spiro atoms. The molecular weight excluding hydrogens is 464 g/mol. The van der Waals surface area contributed by atoms with Gasteiger partial charge in [0.25, 0.3) is 17.7 Å². The van der Waals surface area contributed by atoms with Crippen LogP contribution >= 0.6 is 11.6 Å². The number of benzene rings is 1. The number of nitrogens with one attached hydrogen (secondary N) is 3. The van der Waals surface area contributed by atoms with Crippen LogP contribution < -0.4 is 10.6 Å². The van der Waals surface area contributed by atoms with Crippen LogP contribution in [0.15, 0.2) is 27.2 Å². The Labute approximate surface area is 188 Å². The number of rotatable bonds is 6. The van der Waals surface area contributed by atoms with E-state index >= 15 is 0 Å². The average Bonchev–Trinajstić information content (AvgIpc) is 3.49. The molecule has 0 fully saturated rings. The van der Waals surface area contributed by atoms with E-state index in [1.807, 2.05) is 0 Å². The summed E-state index contributed by atoms with van der Waals surface area (Å²) in [4.78, 5) is 28.9. The van der Waals surface area contributed by atoms with Crippen LogP contribution in [-0.2, 0) is 6.54 Å². The van der Waals surface area contributed by atoms with Gasteiger partial charge in [-0.15, -0.1) is 0 Å². The maximum atomic E-state index is 13.4. The van der Waals surface area contributed by atoms with Gasteiger partial charge in [0.2, 0.25) is 0 Å². The predicted molar refractivity (Wildman–Crippen MR) is 108 cm³/mol. The van der Waals surface area contributed by atoms with Crippen molar-refractivity contribution in [2.75, 3.05) is 5.32 Å². The zero-order valence-electron chi connectivity index (χ0n) is 17.0. The first-order valence-corrected chi connectivity index (χ1v) is 9.66. The number of carbonyl (C=O) groups is 2. The van der Waals surface area contributed by atoms with E-state index in [0.29, 0.717) is 35.0 Å². The van der Waals surface area contributed by atoms with Gasteiger partial charge >= 0.3 is 0 Å². The quantitative estimate of drug-likeness (QED) is 0.358. The second-order valence-electron chi connectivity index (χ2n) is 6.76. The SMILES string of the molecule is Cc1noc(-c2noc(C)c2CNC(=O)c2cc(NC(=O)c3cc(F)c(F)cc3Cl)n[nH]2)n1. The molecule has 2 amide bonds. The van der Waals surface area contributed by atoms with Gasteiger partial charge in [-0.05, 0) is 26.0 Å². The number of halogens is 3. The maximum Gasteiger partial charge on any atom is 0.280 e. The van der Waals surface area contributed by atoms with Crippen LogP contribution in [0.2, 0.25) is 5.02 Å². The van der Waals surface area contributed by atoms with Gasteiger partial charge in [0.05, 0.1) is 10.6 Å². The summed E-state index contributed by atoms with van der Waals surface area (Å²) in [6, 6.07) is 2.60. The van der Waals surface area contributed by atoms with Crippen LogP contribution in [0.5, 0.6) is 0 Å². The average molecular weight is 478 g/mol. The number of hydrogen-bond donors (Lipinski definition) is 3. The third kappa shape index (κ3) is 4.57. The summed E-state index contributed by atoms with van der Waals surface area (Å²) >= 11 is 5.79. The lowest BCUT2D eigenvalue weighted by molar-refractivity contribution is 0.0945. The van der Waals surface area contributed by atoms with Gasteiger partial charge in [-0.25, -0.2) is 8.78 Å². The largest absolute Gasteiger partial charge is 0.361 e. The fraction of sp³-hybridized carbons (Fsp3) is 0.158. The lowest BCUT2D eigenvalue weighted by Gasteiger charge is -2.05. The predicted octanol–water partition coefficient (Wildman–Crippen LogP) is 3.18. The normalized spacial score (nSPS) is 10.9. The van der Waals surface area contributed by atoms with E-state index in [9.17, 15) is 18.4 Å². The molecule has 0 aliphatic carbocycles. The summed E-state index contributed by atoms with van der Waals surface area (Å²) in [5.74, 6) is -2.83. The van der Waals surface area contributed by atoms with Crippen LogP contribution in [-0.4, -0.2) is 37.3 Å². The van der Waals surface area contributed by atoms with Gasteiger partial charge in [-0.2, -0.15) is 10.1 Å². The zero-order chi connectivity index (χ0) is 23.7. The van der Waals surface area contributed by atoms with Gasteiger partial charge in [-0.1, -0.05) is 21.9 Å². The second kappa shape index (κ2) is 8.78. The number of hydrogen-bond acceptors (Lipinski definition) is 8. The van der Waals surface area contributed by atoms with Crippen LogP contribution in [0.1, 0.15) is 38.0 Å². The molecule has 0 bridgehead atoms. The summed E-state index contributed by atoms with van der Waals surface area (Å²) in [6.07, 6.45) is 0. The number of nitrogens with zero attached hydrogens (tertiary/aromatic N) is 4. The molecule has 1 aromatic carbocycles. The first kappa shape index (κ1) is 22.1. The monoisotopic (exact) mass is 477 g/mol. The number of carbonyl (C=O) groups excluding carboxylic acids is 2. The molecule has 3 heterocycles. The standard InChI is InChI=1S/C19H14ClF2N7O4/c1-7-10(16(29-32-7)19-24-8(2)28-33-19)6-23-18(31)14-5-15(27-26-14)25-17(30)9-3-12(21)13(22)4-11(9)20/h3-5H,6H2,1-2H3,(H,23,31)(H2,25,26,27,30). The number of H-pyrrole nitrogens is 1. The fourth-order valence-corrected chi connectivity index (χ4v) is 3.04. The molecule has 0 aliphatic heterocycles. The highest BCUT2D eigenvalue weighted by Gasteiger charge is 2.21. The van der Waals surface area contributed by atoms with E-state index < -0.39 is 23.4 Å². The lowest BCUT2D eigenvalue weighted by Crippen LogP contribution is -2.23. The lowest BCUT2D eigenvalue weighted by atomic mass is 10.2. The van der Waals surface area contributed by atoms with Crippen molar-refractivity contribution >= 4 is 29.2 Å². The highest BCUT2D eigenvalue weighted by Crippen LogP contribution is 2.24. The smallest absolute Gasteiger partial charge is 0.280 e. The highest BCUT2D eigenvalue weighted by molar-refractivity contribution is 6.34. The van der Waals surface area contributed by atoms with E-state index in [1.165, 1.54) is 6.07 Å². The number of amides is 2. The Morgan fingerprint density at radius 1 is 1.09 bits per heavy atom. The van der Waals surface area contributed by atoms with Crippen molar-refractivity contribution in [3.8, 4) is 11.6 Å². The van der Waals surface area contributed by atoms with E-state index in [2.05, 4.69) is 36.1 Å². The molecule has 4 aromatic rings. The Bertz CT molecular complexity index is 1360. The van der Waals surface area contributed by atoms with E-state index in [0.717, 1.165) is 0 Å². The topological polar surface area (TPSA) is 152 Å². The Morgan fingerprint density at radius 2 is 1.85 bits per heavy atom. The number of anilines is 1. The maximum absolute atomic E-state index is 13.4. The summed E-state index contributed by atoms with van der Waals surface area (Å²) < 4.78 is 36.9. The summed E-state index contributed by atoms with van der Waals surface area (Å²) in [7, 11) is 0. The Kier molecular flexibility index (Phi) is 5.87. The molecule has 14 heteroatoms. The summed E-state index contributed by atoms with van der Waals surface area (Å²) in [5.41, 5.74) is 0.560. The van der Waals surface area contributed by atoms with Crippen LogP contribution in [0.25, 0.3) is 11.6 Å². The zero-order valence-corrected chi connectivity index (χ0v) is 17.8. The molecule has 0 atom stereocenters. The minimum atomic E-state index is -1.23. The van der Waals surface area contributed by atoms with E-state index in [4.69, 9.17) is 20.6 Å². The molecule has 170 valence electrons. The molecule has 3 N–H and O–H groups in total. The van der Waals surface area contributed by atoms with Crippen LogP contribution in [0, 0.1) is 25.5 Å². The van der Waals surface area contributed by atoms with Gasteiger partial charge < -0.3 is 19.7 Å². The molecule has 4 rings (SSSR count). The Morgan fingerprint density at radius 3 is 2.58 bits per heavy atom. The van der Waals surface area contributed by atoms with Crippen molar-refractivity contribution in [2.24, 2.45) is 0 Å². The van der Waals surface area contributed by atoms with Crippen molar-refractivity contribution < 1.29 is 27.4 Å². The number of aromatic amines is 1.